The zero-order valence-corrected chi connectivity index (χ0v) is 20.0. The maximum Gasteiger partial charge on any atom is 0.488 e. The molecule has 4 aromatic carbocycles. The van der Waals surface area contributed by atoms with Gasteiger partial charge in [-0.2, -0.15) is 0 Å². The molecule has 4 aromatic rings. The van der Waals surface area contributed by atoms with Crippen molar-refractivity contribution in [1.29, 1.82) is 0 Å². The molecule has 8 nitrogen and oxygen atoms in total. The van der Waals surface area contributed by atoms with Gasteiger partial charge in [-0.15, -0.1) is 0 Å². The Bertz CT molecular complexity index is 1510. The number of amides is 2. The monoisotopic (exact) mass is 494 g/mol. The number of nitrogens with one attached hydrogen (secondary N) is 1. The second-order valence-corrected chi connectivity index (χ2v) is 8.70. The molecule has 0 aromatic heterocycles. The Labute approximate surface area is 213 Å². The molecule has 0 fully saturated rings. The molecule has 0 unspecified atom stereocenters. The highest BCUT2D eigenvalue weighted by molar-refractivity contribution is 6.59. The largest absolute Gasteiger partial charge is 0.488 e. The quantitative estimate of drug-likeness (QED) is 0.206. The van der Waals surface area contributed by atoms with Gasteiger partial charge in [0.2, 0.25) is 0 Å². The van der Waals surface area contributed by atoms with E-state index in [1.165, 1.54) is 30.2 Å². The standard InChI is InChI=1S/C28H23BN2O6/c1-37-28(34)18-10-12-23(29(35)36)19(14-18)15-30-24-13-11-22-25-20(24)8-5-9-21(25)26(32)31(27(22)33)16-17-6-3-2-4-7-17/h2-14,30,35-36H,15-16H2,1H3. The fourth-order valence-electron chi connectivity index (χ4n) is 4.66. The molecule has 1 aliphatic rings. The van der Waals surface area contributed by atoms with Crippen LogP contribution in [0.15, 0.2) is 78.9 Å². The molecule has 1 heterocycles. The molecule has 37 heavy (non-hydrogen) atoms. The summed E-state index contributed by atoms with van der Waals surface area (Å²) in [5.74, 6) is -1.26. The first-order valence-electron chi connectivity index (χ1n) is 11.7. The molecule has 0 bridgehead atoms. The van der Waals surface area contributed by atoms with Crippen molar-refractivity contribution in [2.75, 3.05) is 12.4 Å². The number of esters is 1. The summed E-state index contributed by atoms with van der Waals surface area (Å²) in [7, 11) is -0.459. The van der Waals surface area contributed by atoms with E-state index in [0.717, 1.165) is 5.56 Å². The number of rotatable bonds is 7. The molecule has 184 valence electrons. The van der Waals surface area contributed by atoms with Gasteiger partial charge in [-0.25, -0.2) is 4.79 Å². The van der Waals surface area contributed by atoms with E-state index in [1.54, 1.807) is 24.3 Å². The summed E-state index contributed by atoms with van der Waals surface area (Å²) in [6.07, 6.45) is 0. The predicted octanol–water partition coefficient (Wildman–Crippen LogP) is 2.71. The van der Waals surface area contributed by atoms with Crippen LogP contribution in [0.25, 0.3) is 10.8 Å². The summed E-state index contributed by atoms with van der Waals surface area (Å²) in [5, 5.41) is 24.1. The van der Waals surface area contributed by atoms with Crippen LogP contribution in [0.5, 0.6) is 0 Å². The van der Waals surface area contributed by atoms with Crippen LogP contribution in [0.4, 0.5) is 5.69 Å². The first kappa shape index (κ1) is 24.2. The first-order valence-corrected chi connectivity index (χ1v) is 11.7. The van der Waals surface area contributed by atoms with E-state index in [-0.39, 0.29) is 35.9 Å². The van der Waals surface area contributed by atoms with Crippen molar-refractivity contribution in [3.8, 4) is 0 Å². The smallest absolute Gasteiger partial charge is 0.465 e. The van der Waals surface area contributed by atoms with Crippen LogP contribution >= 0.6 is 0 Å². The Kier molecular flexibility index (Phi) is 6.48. The third-order valence-electron chi connectivity index (χ3n) is 6.49. The minimum absolute atomic E-state index is 0.151. The molecule has 0 spiro atoms. The van der Waals surface area contributed by atoms with Gasteiger partial charge in [0.25, 0.3) is 11.8 Å². The molecule has 0 atom stereocenters. The highest BCUT2D eigenvalue weighted by atomic mass is 16.5. The predicted molar refractivity (Wildman–Crippen MR) is 140 cm³/mol. The number of carbonyl (C=O) groups is 3. The zero-order chi connectivity index (χ0) is 26.1. The highest BCUT2D eigenvalue weighted by Gasteiger charge is 2.33. The lowest BCUT2D eigenvalue weighted by atomic mass is 9.76. The van der Waals surface area contributed by atoms with Crippen molar-refractivity contribution >= 4 is 46.8 Å². The fraction of sp³-hybridized carbons (Fsp3) is 0.107. The van der Waals surface area contributed by atoms with E-state index in [1.807, 2.05) is 36.4 Å². The Morgan fingerprint density at radius 1 is 0.919 bits per heavy atom. The van der Waals surface area contributed by atoms with Crippen molar-refractivity contribution in [3.63, 3.8) is 0 Å². The van der Waals surface area contributed by atoms with Crippen molar-refractivity contribution in [3.05, 3.63) is 107 Å². The average Bonchev–Trinajstić information content (AvgIpc) is 2.92. The minimum atomic E-state index is -1.73. The highest BCUT2D eigenvalue weighted by Crippen LogP contribution is 2.35. The molecule has 0 aliphatic carbocycles. The third-order valence-corrected chi connectivity index (χ3v) is 6.49. The van der Waals surface area contributed by atoms with Crippen LogP contribution in [-0.4, -0.2) is 47.0 Å². The van der Waals surface area contributed by atoms with Crippen LogP contribution in [-0.2, 0) is 17.8 Å². The number of imide groups is 1. The normalized spacial score (nSPS) is 12.6. The van der Waals surface area contributed by atoms with Crippen molar-refractivity contribution in [2.45, 2.75) is 13.1 Å². The molecule has 3 N–H and O–H groups in total. The number of nitrogens with zero attached hydrogens (tertiary/aromatic N) is 1. The van der Waals surface area contributed by atoms with Crippen LogP contribution < -0.4 is 10.8 Å². The second-order valence-electron chi connectivity index (χ2n) is 8.70. The number of ether oxygens (including phenoxy) is 1. The summed E-state index contributed by atoms with van der Waals surface area (Å²) in [4.78, 5) is 39.9. The SMILES string of the molecule is COC(=O)c1ccc(B(O)O)c(CNc2ccc3c4c(cccc24)C(=O)N(Cc2ccccc2)C3=O)c1. The summed E-state index contributed by atoms with van der Waals surface area (Å²) < 4.78 is 4.77. The topological polar surface area (TPSA) is 116 Å². The van der Waals surface area contributed by atoms with E-state index in [9.17, 15) is 24.4 Å². The molecule has 0 radical (unpaired) electrons. The van der Waals surface area contributed by atoms with E-state index in [0.29, 0.717) is 33.2 Å². The van der Waals surface area contributed by atoms with E-state index in [4.69, 9.17) is 4.74 Å². The molecule has 2 amide bonds. The van der Waals surface area contributed by atoms with E-state index < -0.39 is 13.1 Å². The number of hydrogen-bond acceptors (Lipinski definition) is 7. The molecule has 9 heteroatoms. The van der Waals surface area contributed by atoms with Crippen molar-refractivity contribution in [1.82, 2.24) is 4.90 Å². The average molecular weight is 494 g/mol. The summed E-state index contributed by atoms with van der Waals surface area (Å²) in [5.41, 5.74) is 3.38. The maximum absolute atomic E-state index is 13.3. The number of benzene rings is 4. The summed E-state index contributed by atoms with van der Waals surface area (Å²) in [6.45, 7) is 0.329. The van der Waals surface area contributed by atoms with E-state index in [2.05, 4.69) is 5.32 Å². The minimum Gasteiger partial charge on any atom is -0.465 e. The number of anilines is 1. The molecular formula is C28H23BN2O6. The molecule has 0 saturated carbocycles. The second kappa shape index (κ2) is 9.89. The van der Waals surface area contributed by atoms with Gasteiger partial charge in [-0.05, 0) is 46.9 Å². The Morgan fingerprint density at radius 3 is 2.35 bits per heavy atom. The lowest BCUT2D eigenvalue weighted by Crippen LogP contribution is -2.39. The molecule has 1 aliphatic heterocycles. The summed E-state index contributed by atoms with van der Waals surface area (Å²) in [6, 6.07) is 22.6. The lowest BCUT2D eigenvalue weighted by molar-refractivity contribution is 0.0588. The third kappa shape index (κ3) is 4.46. The number of hydrogen-bond donors (Lipinski definition) is 3. The summed E-state index contributed by atoms with van der Waals surface area (Å²) >= 11 is 0. The van der Waals surface area contributed by atoms with Crippen LogP contribution in [0.1, 0.15) is 42.2 Å². The Morgan fingerprint density at radius 2 is 1.65 bits per heavy atom. The maximum atomic E-state index is 13.3. The van der Waals surface area contributed by atoms with Gasteiger partial charge >= 0.3 is 13.1 Å². The van der Waals surface area contributed by atoms with Crippen LogP contribution in [0.2, 0.25) is 0 Å². The van der Waals surface area contributed by atoms with Gasteiger partial charge in [-0.3, -0.25) is 14.5 Å². The van der Waals surface area contributed by atoms with Crippen LogP contribution in [0.3, 0.4) is 0 Å². The first-order chi connectivity index (χ1) is 17.9. The van der Waals surface area contributed by atoms with E-state index >= 15 is 0 Å². The fourth-order valence-corrected chi connectivity index (χ4v) is 4.66. The van der Waals surface area contributed by atoms with Gasteiger partial charge in [0.05, 0.1) is 19.2 Å². The Balaban J connectivity index is 1.49. The Hall–Kier alpha value is -4.47. The van der Waals surface area contributed by atoms with Gasteiger partial charge < -0.3 is 20.1 Å². The van der Waals surface area contributed by atoms with Crippen molar-refractivity contribution < 1.29 is 29.2 Å². The number of methoxy groups -OCH3 is 1. The number of carbonyl (C=O) groups excluding carboxylic acids is 3. The molecular weight excluding hydrogens is 471 g/mol. The van der Waals surface area contributed by atoms with Gasteiger partial charge in [0, 0.05) is 34.1 Å². The van der Waals surface area contributed by atoms with Crippen molar-refractivity contribution in [2.24, 2.45) is 0 Å². The van der Waals surface area contributed by atoms with Crippen LogP contribution in [0, 0.1) is 0 Å². The molecule has 5 rings (SSSR count). The molecule has 0 saturated heterocycles. The van der Waals surface area contributed by atoms with Gasteiger partial charge in [0.1, 0.15) is 0 Å². The zero-order valence-electron chi connectivity index (χ0n) is 20.0. The lowest BCUT2D eigenvalue weighted by Gasteiger charge is -2.28. The van der Waals surface area contributed by atoms with Gasteiger partial charge in [-0.1, -0.05) is 48.5 Å². The van der Waals surface area contributed by atoms with Gasteiger partial charge in [0.15, 0.2) is 0 Å².